The molecular weight excluding hydrogens is 221 g/mol. The first kappa shape index (κ1) is 9.71. The molecule has 17 heavy (non-hydrogen) atoms. The highest BCUT2D eigenvalue weighted by atomic mass is 19.1. The van der Waals surface area contributed by atoms with Gasteiger partial charge in [0.25, 0.3) is 0 Å². The molecule has 0 unspecified atom stereocenters. The van der Waals surface area contributed by atoms with Crippen LogP contribution in [0.5, 0.6) is 0 Å². The van der Waals surface area contributed by atoms with Gasteiger partial charge in [0.1, 0.15) is 18.5 Å². The van der Waals surface area contributed by atoms with Crippen molar-refractivity contribution in [1.29, 1.82) is 0 Å². The molecule has 84 valence electrons. The minimum Gasteiger partial charge on any atom is -0.304 e. The van der Waals surface area contributed by atoms with Crippen molar-refractivity contribution in [3.63, 3.8) is 0 Å². The molecule has 2 aromatic heterocycles. The van der Waals surface area contributed by atoms with Gasteiger partial charge in [0, 0.05) is 18.5 Å². The Morgan fingerprint density at radius 3 is 2.47 bits per heavy atom. The van der Waals surface area contributed by atoms with Crippen LogP contribution in [0.1, 0.15) is 0 Å². The first-order valence-corrected chi connectivity index (χ1v) is 4.97. The van der Waals surface area contributed by atoms with Gasteiger partial charge in [0.15, 0.2) is 0 Å². The smallest absolute Gasteiger partial charge is 0.125 e. The lowest BCUT2D eigenvalue weighted by atomic mass is 10.2. The summed E-state index contributed by atoms with van der Waals surface area (Å²) in [5.74, 6) is -0.308. The van der Waals surface area contributed by atoms with Crippen molar-refractivity contribution in [3.05, 3.63) is 55.4 Å². The number of rotatable bonds is 2. The van der Waals surface area contributed by atoms with Crippen molar-refractivity contribution in [2.45, 2.75) is 0 Å². The van der Waals surface area contributed by atoms with Gasteiger partial charge in [-0.25, -0.2) is 9.37 Å². The largest absolute Gasteiger partial charge is 0.304 e. The second-order valence-electron chi connectivity index (χ2n) is 3.47. The molecule has 0 aliphatic heterocycles. The van der Waals surface area contributed by atoms with E-state index in [1.807, 2.05) is 0 Å². The van der Waals surface area contributed by atoms with E-state index in [1.165, 1.54) is 24.8 Å². The maximum atomic E-state index is 13.3. The molecule has 3 aromatic rings. The zero-order valence-corrected chi connectivity index (χ0v) is 8.73. The average molecular weight is 229 g/mol. The van der Waals surface area contributed by atoms with E-state index in [1.54, 1.807) is 33.9 Å². The van der Waals surface area contributed by atoms with Gasteiger partial charge < -0.3 is 4.57 Å². The Morgan fingerprint density at radius 1 is 0.941 bits per heavy atom. The third-order valence-corrected chi connectivity index (χ3v) is 2.42. The van der Waals surface area contributed by atoms with Crippen molar-refractivity contribution in [3.8, 4) is 11.4 Å². The Bertz CT molecular complexity index is 615. The maximum absolute atomic E-state index is 13.3. The summed E-state index contributed by atoms with van der Waals surface area (Å²) in [4.78, 5) is 3.97. The lowest BCUT2D eigenvalue weighted by Crippen LogP contribution is -2.00. The van der Waals surface area contributed by atoms with Crippen LogP contribution in [0.3, 0.4) is 0 Å². The van der Waals surface area contributed by atoms with E-state index in [4.69, 9.17) is 0 Å². The molecule has 2 heterocycles. The lowest BCUT2D eigenvalue weighted by Gasteiger charge is -2.10. The summed E-state index contributed by atoms with van der Waals surface area (Å²) in [7, 11) is 0. The van der Waals surface area contributed by atoms with Gasteiger partial charge in [-0.1, -0.05) is 0 Å². The molecule has 0 atom stereocenters. The van der Waals surface area contributed by atoms with Gasteiger partial charge in [0.05, 0.1) is 17.7 Å². The van der Waals surface area contributed by atoms with E-state index < -0.39 is 0 Å². The summed E-state index contributed by atoms with van der Waals surface area (Å²) in [5, 5.41) is 7.43. The SMILES string of the molecule is Fc1ccc(-n2ccnc2)c(-n2cnnc2)c1. The highest BCUT2D eigenvalue weighted by Gasteiger charge is 2.07. The van der Waals surface area contributed by atoms with Crippen LogP contribution in [0.2, 0.25) is 0 Å². The van der Waals surface area contributed by atoms with E-state index in [-0.39, 0.29) is 5.82 Å². The van der Waals surface area contributed by atoms with Gasteiger partial charge in [-0.05, 0) is 12.1 Å². The molecule has 0 radical (unpaired) electrons. The van der Waals surface area contributed by atoms with Crippen LogP contribution in [-0.4, -0.2) is 24.3 Å². The van der Waals surface area contributed by atoms with E-state index in [9.17, 15) is 4.39 Å². The molecule has 0 saturated carbocycles. The number of benzene rings is 1. The molecule has 0 bridgehead atoms. The highest BCUT2D eigenvalue weighted by molar-refractivity contribution is 5.52. The molecule has 0 saturated heterocycles. The Labute approximate surface area is 96.2 Å². The number of nitrogens with zero attached hydrogens (tertiary/aromatic N) is 5. The Morgan fingerprint density at radius 2 is 1.76 bits per heavy atom. The van der Waals surface area contributed by atoms with E-state index >= 15 is 0 Å². The third-order valence-electron chi connectivity index (χ3n) is 2.42. The third kappa shape index (κ3) is 1.69. The normalized spacial score (nSPS) is 10.6. The van der Waals surface area contributed by atoms with Crippen molar-refractivity contribution in [2.75, 3.05) is 0 Å². The van der Waals surface area contributed by atoms with Gasteiger partial charge in [-0.15, -0.1) is 10.2 Å². The summed E-state index contributed by atoms with van der Waals surface area (Å²) in [6, 6.07) is 4.52. The van der Waals surface area contributed by atoms with Gasteiger partial charge >= 0.3 is 0 Å². The van der Waals surface area contributed by atoms with Crippen molar-refractivity contribution in [1.82, 2.24) is 24.3 Å². The van der Waals surface area contributed by atoms with Crippen LogP contribution in [0.15, 0.2) is 49.6 Å². The molecular formula is C11H8FN5. The van der Waals surface area contributed by atoms with Crippen LogP contribution in [-0.2, 0) is 0 Å². The highest BCUT2D eigenvalue weighted by Crippen LogP contribution is 2.19. The Kier molecular flexibility index (Phi) is 2.18. The van der Waals surface area contributed by atoms with Crippen LogP contribution in [0.4, 0.5) is 4.39 Å². The molecule has 0 N–H and O–H groups in total. The number of hydrogen-bond donors (Lipinski definition) is 0. The molecule has 6 heteroatoms. The minimum atomic E-state index is -0.308. The fourth-order valence-corrected chi connectivity index (χ4v) is 1.65. The maximum Gasteiger partial charge on any atom is 0.125 e. The molecule has 0 aliphatic carbocycles. The summed E-state index contributed by atoms with van der Waals surface area (Å²) >= 11 is 0. The standard InChI is InChI=1S/C11H8FN5/c12-9-1-2-10(16-4-3-13-6-16)11(5-9)17-7-14-15-8-17/h1-8H. The molecule has 0 fully saturated rings. The molecule has 0 amide bonds. The summed E-state index contributed by atoms with van der Waals surface area (Å²) in [6.07, 6.45) is 8.16. The minimum absolute atomic E-state index is 0.308. The number of aromatic nitrogens is 5. The van der Waals surface area contributed by atoms with Crippen molar-refractivity contribution < 1.29 is 4.39 Å². The van der Waals surface area contributed by atoms with Crippen LogP contribution in [0, 0.1) is 5.82 Å². The predicted molar refractivity (Wildman–Crippen MR) is 58.4 cm³/mol. The summed E-state index contributed by atoms with van der Waals surface area (Å²) in [6.45, 7) is 0. The van der Waals surface area contributed by atoms with Crippen molar-refractivity contribution >= 4 is 0 Å². The molecule has 5 nitrogen and oxygen atoms in total. The second-order valence-corrected chi connectivity index (χ2v) is 3.47. The Balaban J connectivity index is 2.22. The van der Waals surface area contributed by atoms with Crippen molar-refractivity contribution in [2.24, 2.45) is 0 Å². The van der Waals surface area contributed by atoms with Gasteiger partial charge in [-0.3, -0.25) is 4.57 Å². The average Bonchev–Trinajstić information content (AvgIpc) is 3.02. The van der Waals surface area contributed by atoms with E-state index in [0.717, 1.165) is 5.69 Å². The fraction of sp³-hybridized carbons (Fsp3) is 0. The summed E-state index contributed by atoms with van der Waals surface area (Å²) in [5.41, 5.74) is 1.47. The van der Waals surface area contributed by atoms with Gasteiger partial charge in [0.2, 0.25) is 0 Å². The molecule has 0 spiro atoms. The lowest BCUT2D eigenvalue weighted by molar-refractivity contribution is 0.626. The molecule has 3 rings (SSSR count). The van der Waals surface area contributed by atoms with Crippen LogP contribution >= 0.6 is 0 Å². The number of halogens is 1. The van der Waals surface area contributed by atoms with Crippen LogP contribution in [0.25, 0.3) is 11.4 Å². The zero-order valence-electron chi connectivity index (χ0n) is 8.73. The second kappa shape index (κ2) is 3.82. The first-order valence-electron chi connectivity index (χ1n) is 4.97. The predicted octanol–water partition coefficient (Wildman–Crippen LogP) is 1.59. The molecule has 0 aliphatic rings. The number of hydrogen-bond acceptors (Lipinski definition) is 3. The summed E-state index contributed by atoms with van der Waals surface area (Å²) < 4.78 is 16.8. The number of imidazole rings is 1. The zero-order chi connectivity index (χ0) is 11.7. The fourth-order valence-electron chi connectivity index (χ4n) is 1.65. The van der Waals surface area contributed by atoms with Crippen LogP contribution < -0.4 is 0 Å². The first-order chi connectivity index (χ1) is 8.34. The van der Waals surface area contributed by atoms with E-state index in [2.05, 4.69) is 15.2 Å². The topological polar surface area (TPSA) is 48.5 Å². The Hall–Kier alpha value is -2.50. The monoisotopic (exact) mass is 229 g/mol. The van der Waals surface area contributed by atoms with E-state index in [0.29, 0.717) is 5.69 Å². The quantitative estimate of drug-likeness (QED) is 0.670. The molecule has 1 aromatic carbocycles. The van der Waals surface area contributed by atoms with Gasteiger partial charge in [-0.2, -0.15) is 0 Å².